The number of halogens is 4. The van der Waals surface area contributed by atoms with Crippen molar-refractivity contribution in [1.82, 2.24) is 0 Å². The van der Waals surface area contributed by atoms with Gasteiger partial charge in [-0.2, -0.15) is 13.2 Å². The molecule has 1 aliphatic rings. The number of hydrogen-bond acceptors (Lipinski definition) is 1. The molecule has 0 unspecified atom stereocenters. The molecule has 5 heteroatoms. The summed E-state index contributed by atoms with van der Waals surface area (Å²) in [5.74, 6) is 0. The number of hydrogen-bond donors (Lipinski definition) is 1. The SMILES string of the molecule is N[C@H]1CCCc2c1cc(Cl)cc2C(F)(F)F. The van der Waals surface area contributed by atoms with Crippen molar-refractivity contribution < 1.29 is 13.2 Å². The fourth-order valence-electron chi connectivity index (χ4n) is 2.17. The predicted octanol–water partition coefficient (Wildman–Crippen LogP) is 3.69. The molecule has 1 aromatic rings. The molecule has 0 bridgehead atoms. The van der Waals surface area contributed by atoms with Crippen molar-refractivity contribution in [2.45, 2.75) is 31.5 Å². The van der Waals surface area contributed by atoms with E-state index in [0.717, 1.165) is 6.07 Å². The Labute approximate surface area is 96.4 Å². The van der Waals surface area contributed by atoms with Gasteiger partial charge in [0.15, 0.2) is 0 Å². The lowest BCUT2D eigenvalue weighted by molar-refractivity contribution is -0.138. The maximum atomic E-state index is 12.8. The Morgan fingerprint density at radius 1 is 1.31 bits per heavy atom. The van der Waals surface area contributed by atoms with Gasteiger partial charge in [0.2, 0.25) is 0 Å². The second-order valence-electron chi connectivity index (χ2n) is 4.02. The van der Waals surface area contributed by atoms with Crippen LogP contribution < -0.4 is 5.73 Å². The minimum Gasteiger partial charge on any atom is -0.324 e. The molecule has 0 saturated heterocycles. The summed E-state index contributed by atoms with van der Waals surface area (Å²) in [6, 6.07) is 2.21. The van der Waals surface area contributed by atoms with E-state index in [1.807, 2.05) is 0 Å². The summed E-state index contributed by atoms with van der Waals surface area (Å²) < 4.78 is 38.4. The van der Waals surface area contributed by atoms with E-state index in [2.05, 4.69) is 0 Å². The molecule has 1 nitrogen and oxygen atoms in total. The molecule has 1 aliphatic carbocycles. The van der Waals surface area contributed by atoms with Crippen molar-refractivity contribution in [1.29, 1.82) is 0 Å². The van der Waals surface area contributed by atoms with Gasteiger partial charge in [-0.25, -0.2) is 0 Å². The summed E-state index contributed by atoms with van der Waals surface area (Å²) in [5.41, 5.74) is 6.03. The molecule has 0 aliphatic heterocycles. The lowest BCUT2D eigenvalue weighted by atomic mass is 9.85. The average Bonchev–Trinajstić information content (AvgIpc) is 2.17. The van der Waals surface area contributed by atoms with E-state index >= 15 is 0 Å². The third-order valence-electron chi connectivity index (χ3n) is 2.90. The van der Waals surface area contributed by atoms with Crippen LogP contribution in [0.1, 0.15) is 35.6 Å². The van der Waals surface area contributed by atoms with E-state index in [4.69, 9.17) is 17.3 Å². The summed E-state index contributed by atoms with van der Waals surface area (Å²) in [7, 11) is 0. The lowest BCUT2D eigenvalue weighted by Crippen LogP contribution is -2.21. The van der Waals surface area contributed by atoms with Crippen LogP contribution in [0.4, 0.5) is 13.2 Å². The first kappa shape index (κ1) is 11.7. The van der Waals surface area contributed by atoms with E-state index in [1.54, 1.807) is 6.07 Å². The molecule has 0 amide bonds. The van der Waals surface area contributed by atoms with Crippen molar-refractivity contribution in [3.63, 3.8) is 0 Å². The zero-order valence-electron chi connectivity index (χ0n) is 8.44. The highest BCUT2D eigenvalue weighted by Crippen LogP contribution is 2.40. The van der Waals surface area contributed by atoms with Gasteiger partial charge in [-0.1, -0.05) is 11.6 Å². The third-order valence-corrected chi connectivity index (χ3v) is 3.11. The van der Waals surface area contributed by atoms with Crippen LogP contribution in [0.15, 0.2) is 12.1 Å². The van der Waals surface area contributed by atoms with Crippen molar-refractivity contribution >= 4 is 11.6 Å². The molecule has 0 radical (unpaired) electrons. The lowest BCUT2D eigenvalue weighted by Gasteiger charge is -2.25. The molecule has 2 rings (SSSR count). The van der Waals surface area contributed by atoms with E-state index in [9.17, 15) is 13.2 Å². The molecule has 88 valence electrons. The number of alkyl halides is 3. The maximum absolute atomic E-state index is 12.8. The number of fused-ring (bicyclic) bond motifs is 1. The molecule has 2 N–H and O–H groups in total. The zero-order chi connectivity index (χ0) is 11.9. The van der Waals surface area contributed by atoms with Crippen LogP contribution in [0.2, 0.25) is 5.02 Å². The number of benzene rings is 1. The molecule has 0 heterocycles. The average molecular weight is 250 g/mol. The molecule has 0 spiro atoms. The van der Waals surface area contributed by atoms with E-state index in [1.165, 1.54) is 0 Å². The first-order chi connectivity index (χ1) is 7.39. The van der Waals surface area contributed by atoms with Gasteiger partial charge in [0.1, 0.15) is 0 Å². The Bertz CT molecular complexity index is 414. The maximum Gasteiger partial charge on any atom is 0.416 e. The second kappa shape index (κ2) is 3.93. The molecule has 0 fully saturated rings. The van der Waals surface area contributed by atoms with Crippen LogP contribution in [0, 0.1) is 0 Å². The Balaban J connectivity index is 2.62. The van der Waals surface area contributed by atoms with Gasteiger partial charge in [0.25, 0.3) is 0 Å². The third kappa shape index (κ3) is 2.04. The first-order valence-corrected chi connectivity index (χ1v) is 5.42. The molecular formula is C11H11ClF3N. The normalized spacial score (nSPS) is 20.7. The minimum absolute atomic E-state index is 0.100. The largest absolute Gasteiger partial charge is 0.416 e. The smallest absolute Gasteiger partial charge is 0.324 e. The predicted molar refractivity (Wildman–Crippen MR) is 56.3 cm³/mol. The Kier molecular flexibility index (Phi) is 2.88. The summed E-state index contributed by atoms with van der Waals surface area (Å²) in [4.78, 5) is 0. The van der Waals surface area contributed by atoms with Crippen LogP contribution in [0.5, 0.6) is 0 Å². The van der Waals surface area contributed by atoms with Gasteiger partial charge in [0.05, 0.1) is 5.56 Å². The van der Waals surface area contributed by atoms with Crippen LogP contribution in [-0.2, 0) is 12.6 Å². The van der Waals surface area contributed by atoms with Crippen molar-refractivity contribution in [2.75, 3.05) is 0 Å². The molecule has 0 aromatic heterocycles. The fourth-order valence-corrected chi connectivity index (χ4v) is 2.40. The molecule has 1 atom stereocenters. The van der Waals surface area contributed by atoms with Gasteiger partial charge in [-0.15, -0.1) is 0 Å². The summed E-state index contributed by atoms with van der Waals surface area (Å²) in [5, 5.41) is 0.100. The van der Waals surface area contributed by atoms with Crippen LogP contribution >= 0.6 is 11.6 Å². The van der Waals surface area contributed by atoms with E-state index < -0.39 is 11.7 Å². The zero-order valence-corrected chi connectivity index (χ0v) is 9.20. The number of nitrogens with two attached hydrogens (primary N) is 1. The molecule has 0 saturated carbocycles. The highest BCUT2D eigenvalue weighted by molar-refractivity contribution is 6.30. The summed E-state index contributed by atoms with van der Waals surface area (Å²) >= 11 is 5.70. The van der Waals surface area contributed by atoms with Gasteiger partial charge in [-0.3, -0.25) is 0 Å². The van der Waals surface area contributed by atoms with Crippen molar-refractivity contribution in [2.24, 2.45) is 5.73 Å². The molecule has 16 heavy (non-hydrogen) atoms. The van der Waals surface area contributed by atoms with Crippen molar-refractivity contribution in [3.05, 3.63) is 33.8 Å². The summed E-state index contributed by atoms with van der Waals surface area (Å²) in [6.07, 6.45) is -2.52. The standard InChI is InChI=1S/C11H11ClF3N/c12-6-4-8-7(2-1-3-10(8)16)9(5-6)11(13,14)15/h4-5,10H,1-3,16H2/t10-/m0/s1. The van der Waals surface area contributed by atoms with E-state index in [0.29, 0.717) is 30.4 Å². The molecule has 1 aromatic carbocycles. The van der Waals surface area contributed by atoms with Gasteiger partial charge < -0.3 is 5.73 Å². The Morgan fingerprint density at radius 3 is 2.62 bits per heavy atom. The van der Waals surface area contributed by atoms with Gasteiger partial charge in [0, 0.05) is 11.1 Å². The monoisotopic (exact) mass is 249 g/mol. The quantitative estimate of drug-likeness (QED) is 0.746. The highest BCUT2D eigenvalue weighted by Gasteiger charge is 2.36. The first-order valence-electron chi connectivity index (χ1n) is 5.04. The molecular weight excluding hydrogens is 239 g/mol. The fraction of sp³-hybridized carbons (Fsp3) is 0.455. The Hall–Kier alpha value is -0.740. The van der Waals surface area contributed by atoms with Crippen LogP contribution in [0.25, 0.3) is 0 Å². The number of rotatable bonds is 0. The van der Waals surface area contributed by atoms with E-state index in [-0.39, 0.29) is 11.1 Å². The van der Waals surface area contributed by atoms with Gasteiger partial charge >= 0.3 is 6.18 Å². The van der Waals surface area contributed by atoms with Crippen LogP contribution in [0.3, 0.4) is 0 Å². The summed E-state index contributed by atoms with van der Waals surface area (Å²) in [6.45, 7) is 0. The highest BCUT2D eigenvalue weighted by atomic mass is 35.5. The Morgan fingerprint density at radius 2 is 2.00 bits per heavy atom. The van der Waals surface area contributed by atoms with Gasteiger partial charge in [-0.05, 0) is 42.5 Å². The minimum atomic E-state index is -4.36. The van der Waals surface area contributed by atoms with Crippen LogP contribution in [-0.4, -0.2) is 0 Å². The topological polar surface area (TPSA) is 26.0 Å². The second-order valence-corrected chi connectivity index (χ2v) is 4.45. The van der Waals surface area contributed by atoms with Crippen molar-refractivity contribution in [3.8, 4) is 0 Å².